The minimum Gasteiger partial charge on any atom is -0.359 e. The Bertz CT molecular complexity index is 715. The number of rotatable bonds is 4. The largest absolute Gasteiger partial charge is 0.359 e. The van der Waals surface area contributed by atoms with Crippen LogP contribution in [-0.4, -0.2) is 10.1 Å². The smallest absolute Gasteiger partial charge is 0.154 e. The molecule has 3 aromatic rings. The van der Waals surface area contributed by atoms with Gasteiger partial charge in [0.2, 0.25) is 0 Å². The lowest BCUT2D eigenvalue weighted by atomic mass is 10.1. The zero-order chi connectivity index (χ0) is 13.9. The molecule has 1 unspecified atom stereocenters. The van der Waals surface area contributed by atoms with E-state index >= 15 is 0 Å². The summed E-state index contributed by atoms with van der Waals surface area (Å²) in [6.07, 6.45) is 3.70. The van der Waals surface area contributed by atoms with Crippen LogP contribution in [0, 0.1) is 0 Å². The van der Waals surface area contributed by atoms with Crippen molar-refractivity contribution in [1.29, 1.82) is 0 Å². The minimum atomic E-state index is -0.0933. The first-order chi connectivity index (χ1) is 9.79. The summed E-state index contributed by atoms with van der Waals surface area (Å²) in [5, 5.41) is 5.24. The van der Waals surface area contributed by atoms with Crippen molar-refractivity contribution in [3.8, 4) is 11.3 Å². The molecule has 102 valence electrons. The number of nitrogens with two attached hydrogens (primary N) is 1. The van der Waals surface area contributed by atoms with E-state index in [1.807, 2.05) is 36.4 Å². The average Bonchev–Trinajstić information content (AvgIpc) is 2.97. The molecule has 1 aromatic carbocycles. The average molecular weight is 267 g/mol. The van der Waals surface area contributed by atoms with Crippen LogP contribution < -0.4 is 5.73 Å². The maximum atomic E-state index is 6.06. The van der Waals surface area contributed by atoms with E-state index in [4.69, 9.17) is 10.3 Å². The van der Waals surface area contributed by atoms with Gasteiger partial charge in [0.1, 0.15) is 5.69 Å². The SMILES string of the molecule is CCCC(N)c1cc(-c2cccc3cccnc23)no1. The van der Waals surface area contributed by atoms with E-state index in [1.165, 1.54) is 0 Å². The van der Waals surface area contributed by atoms with Gasteiger partial charge in [-0.1, -0.05) is 42.8 Å². The van der Waals surface area contributed by atoms with Crippen molar-refractivity contribution in [3.63, 3.8) is 0 Å². The number of hydrogen-bond donors (Lipinski definition) is 1. The van der Waals surface area contributed by atoms with Crippen LogP contribution in [0.2, 0.25) is 0 Å². The molecule has 4 nitrogen and oxygen atoms in total. The van der Waals surface area contributed by atoms with Gasteiger partial charge in [0.25, 0.3) is 0 Å². The molecule has 0 saturated carbocycles. The molecule has 2 N–H and O–H groups in total. The van der Waals surface area contributed by atoms with Crippen molar-refractivity contribution >= 4 is 10.9 Å². The summed E-state index contributed by atoms with van der Waals surface area (Å²) in [7, 11) is 0. The topological polar surface area (TPSA) is 64.9 Å². The number of fused-ring (bicyclic) bond motifs is 1. The molecule has 0 bridgehead atoms. The molecule has 0 spiro atoms. The number of aromatic nitrogens is 2. The second kappa shape index (κ2) is 5.43. The van der Waals surface area contributed by atoms with Crippen molar-refractivity contribution in [2.75, 3.05) is 0 Å². The zero-order valence-electron chi connectivity index (χ0n) is 11.4. The fraction of sp³-hybridized carbons (Fsp3) is 0.250. The fourth-order valence-electron chi connectivity index (χ4n) is 2.36. The van der Waals surface area contributed by atoms with Gasteiger partial charge in [-0.2, -0.15) is 0 Å². The van der Waals surface area contributed by atoms with E-state index in [-0.39, 0.29) is 6.04 Å². The van der Waals surface area contributed by atoms with Crippen molar-refractivity contribution < 1.29 is 4.52 Å². The van der Waals surface area contributed by atoms with Crippen LogP contribution in [0.15, 0.2) is 47.1 Å². The molecule has 0 aliphatic carbocycles. The molecule has 0 radical (unpaired) electrons. The molecule has 2 aromatic heterocycles. The maximum Gasteiger partial charge on any atom is 0.154 e. The zero-order valence-corrected chi connectivity index (χ0v) is 11.4. The van der Waals surface area contributed by atoms with Gasteiger partial charge in [-0.25, -0.2) is 0 Å². The highest BCUT2D eigenvalue weighted by Gasteiger charge is 2.14. The number of pyridine rings is 1. The molecule has 4 heteroatoms. The highest BCUT2D eigenvalue weighted by molar-refractivity contribution is 5.92. The standard InChI is InChI=1S/C16H17N3O/c1-2-5-13(17)15-10-14(19-20-15)12-8-3-6-11-7-4-9-18-16(11)12/h3-4,6-10,13H,2,5,17H2,1H3. The van der Waals surface area contributed by atoms with Crippen molar-refractivity contribution in [2.45, 2.75) is 25.8 Å². The lowest BCUT2D eigenvalue weighted by molar-refractivity contribution is 0.356. The Morgan fingerprint density at radius 3 is 2.95 bits per heavy atom. The van der Waals surface area contributed by atoms with Crippen LogP contribution in [0.3, 0.4) is 0 Å². The van der Waals surface area contributed by atoms with Crippen LogP contribution in [0.5, 0.6) is 0 Å². The predicted octanol–water partition coefficient (Wildman–Crippen LogP) is 3.69. The lowest BCUT2D eigenvalue weighted by Crippen LogP contribution is -2.08. The van der Waals surface area contributed by atoms with Crippen LogP contribution >= 0.6 is 0 Å². The first-order valence-corrected chi connectivity index (χ1v) is 6.86. The monoisotopic (exact) mass is 267 g/mol. The Labute approximate surface area is 117 Å². The van der Waals surface area contributed by atoms with E-state index in [2.05, 4.69) is 17.1 Å². The number of hydrogen-bond acceptors (Lipinski definition) is 4. The number of nitrogens with zero attached hydrogens (tertiary/aromatic N) is 2. The third-order valence-electron chi connectivity index (χ3n) is 3.40. The molecular formula is C16H17N3O. The molecular weight excluding hydrogens is 250 g/mol. The summed E-state index contributed by atoms with van der Waals surface area (Å²) in [5.41, 5.74) is 8.75. The highest BCUT2D eigenvalue weighted by atomic mass is 16.5. The van der Waals surface area contributed by atoms with Gasteiger partial charge in [-0.15, -0.1) is 0 Å². The summed E-state index contributed by atoms with van der Waals surface area (Å²) in [6.45, 7) is 2.10. The summed E-state index contributed by atoms with van der Waals surface area (Å²) in [4.78, 5) is 4.44. The van der Waals surface area contributed by atoms with E-state index in [0.29, 0.717) is 0 Å². The predicted molar refractivity (Wildman–Crippen MR) is 79.1 cm³/mol. The molecule has 2 heterocycles. The third-order valence-corrected chi connectivity index (χ3v) is 3.40. The van der Waals surface area contributed by atoms with Crippen LogP contribution in [-0.2, 0) is 0 Å². The van der Waals surface area contributed by atoms with Gasteiger partial charge in [0, 0.05) is 23.2 Å². The van der Waals surface area contributed by atoms with Gasteiger partial charge in [-0.05, 0) is 12.5 Å². The molecule has 20 heavy (non-hydrogen) atoms. The van der Waals surface area contributed by atoms with Gasteiger partial charge < -0.3 is 10.3 Å². The van der Waals surface area contributed by atoms with Gasteiger partial charge >= 0.3 is 0 Å². The summed E-state index contributed by atoms with van der Waals surface area (Å²) in [5.74, 6) is 0.731. The van der Waals surface area contributed by atoms with Gasteiger partial charge in [0.05, 0.1) is 11.6 Å². The molecule has 0 aliphatic heterocycles. The summed E-state index contributed by atoms with van der Waals surface area (Å²) < 4.78 is 5.38. The van der Waals surface area contributed by atoms with Crippen molar-refractivity contribution in [1.82, 2.24) is 10.1 Å². The lowest BCUT2D eigenvalue weighted by Gasteiger charge is -2.03. The van der Waals surface area contributed by atoms with E-state index < -0.39 is 0 Å². The third kappa shape index (κ3) is 2.30. The first kappa shape index (κ1) is 12.8. The van der Waals surface area contributed by atoms with Crippen LogP contribution in [0.1, 0.15) is 31.6 Å². The second-order valence-electron chi connectivity index (χ2n) is 4.89. The Balaban J connectivity index is 2.03. The molecule has 0 amide bonds. The van der Waals surface area contributed by atoms with Crippen LogP contribution in [0.4, 0.5) is 0 Å². The Morgan fingerprint density at radius 2 is 2.10 bits per heavy atom. The number of benzene rings is 1. The first-order valence-electron chi connectivity index (χ1n) is 6.86. The van der Waals surface area contributed by atoms with E-state index in [0.717, 1.165) is 40.8 Å². The molecule has 0 saturated heterocycles. The van der Waals surface area contributed by atoms with Crippen molar-refractivity contribution in [2.24, 2.45) is 5.73 Å². The Hall–Kier alpha value is -2.20. The highest BCUT2D eigenvalue weighted by Crippen LogP contribution is 2.28. The van der Waals surface area contributed by atoms with Crippen LogP contribution in [0.25, 0.3) is 22.2 Å². The number of para-hydroxylation sites is 1. The van der Waals surface area contributed by atoms with Crippen molar-refractivity contribution in [3.05, 3.63) is 48.4 Å². The fourth-order valence-corrected chi connectivity index (χ4v) is 2.36. The maximum absolute atomic E-state index is 6.06. The Morgan fingerprint density at radius 1 is 1.25 bits per heavy atom. The van der Waals surface area contributed by atoms with Gasteiger partial charge in [0.15, 0.2) is 5.76 Å². The summed E-state index contributed by atoms with van der Waals surface area (Å²) in [6, 6.07) is 11.8. The normalized spacial score (nSPS) is 12.7. The van der Waals surface area contributed by atoms with Gasteiger partial charge in [-0.3, -0.25) is 4.98 Å². The second-order valence-corrected chi connectivity index (χ2v) is 4.89. The quantitative estimate of drug-likeness (QED) is 0.783. The van der Waals surface area contributed by atoms with E-state index in [9.17, 15) is 0 Å². The molecule has 0 aliphatic rings. The molecule has 3 rings (SSSR count). The Kier molecular flexibility index (Phi) is 3.48. The summed E-state index contributed by atoms with van der Waals surface area (Å²) >= 11 is 0. The minimum absolute atomic E-state index is 0.0933. The molecule has 1 atom stereocenters. The molecule has 0 fully saturated rings. The van der Waals surface area contributed by atoms with E-state index in [1.54, 1.807) is 6.20 Å².